The normalized spacial score (nSPS) is 11.8. The lowest BCUT2D eigenvalue weighted by Crippen LogP contribution is -1.98. The van der Waals surface area contributed by atoms with Gasteiger partial charge >= 0.3 is 0 Å². The molecule has 4 heteroatoms. The van der Waals surface area contributed by atoms with Crippen LogP contribution >= 0.6 is 0 Å². The van der Waals surface area contributed by atoms with Gasteiger partial charge in [-0.25, -0.2) is 0 Å². The molecule has 0 aliphatic heterocycles. The third-order valence-corrected chi connectivity index (χ3v) is 10.7. The summed E-state index contributed by atoms with van der Waals surface area (Å²) in [4.78, 5) is 0. The first-order valence-corrected chi connectivity index (χ1v) is 17.7. The smallest absolute Gasteiger partial charge is 0.0596 e. The zero-order chi connectivity index (χ0) is 34.2. The Morgan fingerprint density at radius 1 is 0.327 bits per heavy atom. The van der Waals surface area contributed by atoms with Crippen molar-refractivity contribution in [3.63, 3.8) is 0 Å². The molecule has 0 unspecified atom stereocenters. The molecule has 0 aliphatic carbocycles. The van der Waals surface area contributed by atoms with Gasteiger partial charge in [-0.05, 0) is 87.6 Å². The van der Waals surface area contributed by atoms with Crippen LogP contribution in [0, 0.1) is 0 Å². The Hall–Kier alpha value is -7.04. The molecule has 8 aromatic carbocycles. The van der Waals surface area contributed by atoms with E-state index < -0.39 is 0 Å². The zero-order valence-corrected chi connectivity index (χ0v) is 28.1. The molecule has 0 bridgehead atoms. The minimum Gasteiger partial charge on any atom is -0.309 e. The van der Waals surface area contributed by atoms with Gasteiger partial charge in [-0.15, -0.1) is 0 Å². The number of hydrogen-bond acceptors (Lipinski definition) is 2. The predicted molar refractivity (Wildman–Crippen MR) is 217 cm³/mol. The SMILES string of the molecule is c1ccc(-c2ccc3c(c2)c2cc4ccccc4cc2n3-c2ccc(-c3ccc4c5ccccc5n(-c5ccccc5)c4c3)c3cnncc23)cc1. The second kappa shape index (κ2) is 11.2. The van der Waals surface area contributed by atoms with Crippen molar-refractivity contribution in [2.45, 2.75) is 0 Å². The highest BCUT2D eigenvalue weighted by molar-refractivity contribution is 6.16. The molecule has 0 fully saturated rings. The van der Waals surface area contributed by atoms with Crippen molar-refractivity contribution in [1.82, 2.24) is 19.3 Å². The van der Waals surface area contributed by atoms with Crippen LogP contribution in [0.4, 0.5) is 0 Å². The van der Waals surface area contributed by atoms with E-state index >= 15 is 0 Å². The topological polar surface area (TPSA) is 35.6 Å². The van der Waals surface area contributed by atoms with E-state index in [0.717, 1.165) is 38.8 Å². The van der Waals surface area contributed by atoms with E-state index in [2.05, 4.69) is 189 Å². The predicted octanol–water partition coefficient (Wildman–Crippen LogP) is 12.3. The summed E-state index contributed by atoms with van der Waals surface area (Å²) >= 11 is 0. The van der Waals surface area contributed by atoms with E-state index in [1.165, 1.54) is 60.0 Å². The van der Waals surface area contributed by atoms with Gasteiger partial charge in [-0.3, -0.25) is 0 Å². The Labute approximate surface area is 299 Å². The first kappa shape index (κ1) is 28.8. The lowest BCUT2D eigenvalue weighted by Gasteiger charge is -2.15. The molecular formula is C48H30N4. The monoisotopic (exact) mass is 662 g/mol. The van der Waals surface area contributed by atoms with Crippen molar-refractivity contribution >= 4 is 65.2 Å². The lowest BCUT2D eigenvalue weighted by molar-refractivity contribution is 1.05. The Kier molecular flexibility index (Phi) is 6.22. The summed E-state index contributed by atoms with van der Waals surface area (Å²) in [7, 11) is 0. The van der Waals surface area contributed by atoms with Crippen LogP contribution in [0.15, 0.2) is 182 Å². The largest absolute Gasteiger partial charge is 0.309 e. The summed E-state index contributed by atoms with van der Waals surface area (Å²) in [6, 6.07) is 61.4. The Morgan fingerprint density at radius 3 is 1.81 bits per heavy atom. The number of para-hydroxylation sites is 2. The van der Waals surface area contributed by atoms with E-state index in [1.807, 2.05) is 12.4 Å². The molecule has 0 amide bonds. The molecule has 52 heavy (non-hydrogen) atoms. The maximum Gasteiger partial charge on any atom is 0.0596 e. The highest BCUT2D eigenvalue weighted by Gasteiger charge is 2.19. The van der Waals surface area contributed by atoms with Gasteiger partial charge in [-0.2, -0.15) is 10.2 Å². The van der Waals surface area contributed by atoms with Crippen molar-refractivity contribution in [3.05, 3.63) is 182 Å². The van der Waals surface area contributed by atoms with Crippen LogP contribution in [0.1, 0.15) is 0 Å². The highest BCUT2D eigenvalue weighted by atomic mass is 15.1. The van der Waals surface area contributed by atoms with Crippen LogP contribution in [0.2, 0.25) is 0 Å². The number of aromatic nitrogens is 4. The van der Waals surface area contributed by atoms with Crippen molar-refractivity contribution < 1.29 is 0 Å². The van der Waals surface area contributed by atoms with Crippen molar-refractivity contribution in [3.8, 4) is 33.6 Å². The molecular weight excluding hydrogens is 633 g/mol. The average molecular weight is 663 g/mol. The summed E-state index contributed by atoms with van der Waals surface area (Å²) in [5.74, 6) is 0. The fourth-order valence-corrected chi connectivity index (χ4v) is 8.30. The van der Waals surface area contributed by atoms with Gasteiger partial charge in [0.05, 0.1) is 40.1 Å². The third-order valence-electron chi connectivity index (χ3n) is 10.7. The molecule has 0 N–H and O–H groups in total. The minimum atomic E-state index is 1.05. The average Bonchev–Trinajstić information content (AvgIpc) is 3.71. The fourth-order valence-electron chi connectivity index (χ4n) is 8.30. The number of benzene rings is 8. The molecule has 3 heterocycles. The van der Waals surface area contributed by atoms with Crippen LogP contribution in [0.5, 0.6) is 0 Å². The lowest BCUT2D eigenvalue weighted by atomic mass is 9.97. The van der Waals surface area contributed by atoms with E-state index in [0.29, 0.717) is 0 Å². The number of nitrogens with zero attached hydrogens (tertiary/aromatic N) is 4. The van der Waals surface area contributed by atoms with Crippen molar-refractivity contribution in [2.24, 2.45) is 0 Å². The third kappa shape index (κ3) is 4.28. The first-order valence-electron chi connectivity index (χ1n) is 17.7. The van der Waals surface area contributed by atoms with Gasteiger partial charge in [-0.1, -0.05) is 115 Å². The quantitative estimate of drug-likeness (QED) is 0.188. The van der Waals surface area contributed by atoms with Gasteiger partial charge in [0.1, 0.15) is 0 Å². The molecule has 11 rings (SSSR count). The molecule has 0 atom stereocenters. The van der Waals surface area contributed by atoms with Gasteiger partial charge < -0.3 is 9.13 Å². The Bertz CT molecular complexity index is 3170. The standard InChI is InChI=1S/C48H30N4/c1-3-11-31(12-4-1)34-20-23-45-40(26-34)41-25-32-13-7-8-14-33(32)27-48(41)52(45)46-24-22-37(42-29-49-50-30-43(42)46)35-19-21-39-38-17-9-10-18-44(38)51(47(39)28-35)36-15-5-2-6-16-36/h1-30H. The van der Waals surface area contributed by atoms with E-state index in [4.69, 9.17) is 0 Å². The second-order valence-corrected chi connectivity index (χ2v) is 13.5. The molecule has 0 aliphatic rings. The molecule has 0 saturated heterocycles. The highest BCUT2D eigenvalue weighted by Crippen LogP contribution is 2.41. The molecule has 0 radical (unpaired) electrons. The Morgan fingerprint density at radius 2 is 0.962 bits per heavy atom. The van der Waals surface area contributed by atoms with Crippen LogP contribution in [-0.2, 0) is 0 Å². The number of hydrogen-bond donors (Lipinski definition) is 0. The second-order valence-electron chi connectivity index (χ2n) is 13.5. The summed E-state index contributed by atoms with van der Waals surface area (Å²) in [6.07, 6.45) is 3.84. The summed E-state index contributed by atoms with van der Waals surface area (Å²) < 4.78 is 4.78. The summed E-state index contributed by atoms with van der Waals surface area (Å²) in [5.41, 5.74) is 11.6. The van der Waals surface area contributed by atoms with E-state index in [1.54, 1.807) is 0 Å². The van der Waals surface area contributed by atoms with Crippen molar-refractivity contribution in [2.75, 3.05) is 0 Å². The van der Waals surface area contributed by atoms with Gasteiger partial charge in [0, 0.05) is 38.0 Å². The molecule has 3 aromatic heterocycles. The van der Waals surface area contributed by atoms with Gasteiger partial charge in [0.25, 0.3) is 0 Å². The minimum absolute atomic E-state index is 1.05. The van der Waals surface area contributed by atoms with E-state index in [-0.39, 0.29) is 0 Å². The molecule has 242 valence electrons. The molecule has 0 spiro atoms. The maximum atomic E-state index is 4.45. The van der Waals surface area contributed by atoms with Crippen LogP contribution in [-0.4, -0.2) is 19.3 Å². The van der Waals surface area contributed by atoms with Crippen LogP contribution in [0.3, 0.4) is 0 Å². The van der Waals surface area contributed by atoms with E-state index in [9.17, 15) is 0 Å². The molecule has 0 saturated carbocycles. The zero-order valence-electron chi connectivity index (χ0n) is 28.1. The van der Waals surface area contributed by atoms with Gasteiger partial charge in [0.2, 0.25) is 0 Å². The summed E-state index contributed by atoms with van der Waals surface area (Å²) in [5, 5.41) is 18.4. The first-order chi connectivity index (χ1) is 25.8. The molecule has 11 aromatic rings. The van der Waals surface area contributed by atoms with Crippen molar-refractivity contribution in [1.29, 1.82) is 0 Å². The molecule has 4 nitrogen and oxygen atoms in total. The van der Waals surface area contributed by atoms with Crippen LogP contribution < -0.4 is 0 Å². The summed E-state index contributed by atoms with van der Waals surface area (Å²) in [6.45, 7) is 0. The number of fused-ring (bicyclic) bond motifs is 8. The Balaban J connectivity index is 1.16. The van der Waals surface area contributed by atoms with Crippen LogP contribution in [0.25, 0.3) is 98.8 Å². The van der Waals surface area contributed by atoms with Gasteiger partial charge in [0.15, 0.2) is 0 Å². The maximum absolute atomic E-state index is 4.45. The fraction of sp³-hybridized carbons (Fsp3) is 0. The number of rotatable bonds is 4.